The Bertz CT molecular complexity index is 1150. The van der Waals surface area contributed by atoms with Crippen molar-refractivity contribution in [3.8, 4) is 0 Å². The summed E-state index contributed by atoms with van der Waals surface area (Å²) in [6.07, 6.45) is 0. The maximum atomic E-state index is 12.6. The van der Waals surface area contributed by atoms with Gasteiger partial charge in [-0.05, 0) is 48.2 Å². The number of hydrogen-bond donors (Lipinski definition) is 1. The Morgan fingerprint density at radius 1 is 0.967 bits per heavy atom. The number of thioether (sulfide) groups is 1. The molecule has 0 saturated carbocycles. The lowest BCUT2D eigenvalue weighted by molar-refractivity contribution is 0.0995. The number of rotatable bonds is 6. The first-order valence-electron chi connectivity index (χ1n) is 8.92. The van der Waals surface area contributed by atoms with Crippen molar-refractivity contribution in [3.63, 3.8) is 0 Å². The molecule has 0 saturated heterocycles. The van der Waals surface area contributed by atoms with E-state index in [0.717, 1.165) is 11.8 Å². The van der Waals surface area contributed by atoms with Crippen molar-refractivity contribution in [2.24, 2.45) is 0 Å². The lowest BCUT2D eigenvalue weighted by Gasteiger charge is -2.12. The summed E-state index contributed by atoms with van der Waals surface area (Å²) >= 11 is 0.989. The van der Waals surface area contributed by atoms with E-state index in [-0.39, 0.29) is 27.4 Å². The van der Waals surface area contributed by atoms with Gasteiger partial charge in [-0.2, -0.15) is 0 Å². The molecule has 30 heavy (non-hydrogen) atoms. The number of benzene rings is 2. The van der Waals surface area contributed by atoms with Crippen molar-refractivity contribution in [2.45, 2.75) is 15.5 Å². The third-order valence-electron chi connectivity index (χ3n) is 4.02. The number of anilines is 1. The van der Waals surface area contributed by atoms with E-state index in [1.165, 1.54) is 29.2 Å². The zero-order valence-electron chi connectivity index (χ0n) is 16.4. The molecule has 9 heteroatoms. The first-order chi connectivity index (χ1) is 14.3. The van der Waals surface area contributed by atoms with Gasteiger partial charge in [0.25, 0.3) is 11.1 Å². The number of furan rings is 1. The zero-order chi connectivity index (χ0) is 21.7. The molecule has 1 aromatic heterocycles. The number of para-hydroxylation sites is 1. The van der Waals surface area contributed by atoms with Crippen LogP contribution in [-0.4, -0.2) is 38.6 Å². The molecule has 1 heterocycles. The van der Waals surface area contributed by atoms with E-state index in [4.69, 9.17) is 4.42 Å². The first kappa shape index (κ1) is 21.7. The van der Waals surface area contributed by atoms with Crippen molar-refractivity contribution in [3.05, 3.63) is 78.3 Å². The fourth-order valence-corrected chi connectivity index (χ4v) is 4.52. The summed E-state index contributed by atoms with van der Waals surface area (Å²) in [6.45, 7) is 0. The summed E-state index contributed by atoms with van der Waals surface area (Å²) < 4.78 is 30.4. The molecule has 0 aliphatic rings. The van der Waals surface area contributed by atoms with E-state index in [9.17, 15) is 18.0 Å². The van der Waals surface area contributed by atoms with E-state index >= 15 is 0 Å². The van der Waals surface area contributed by atoms with E-state index in [1.54, 1.807) is 56.6 Å². The van der Waals surface area contributed by atoms with E-state index in [2.05, 4.69) is 5.32 Å². The molecule has 2 amide bonds. The molecular formula is C21H20N2O5S2. The van der Waals surface area contributed by atoms with Gasteiger partial charge in [-0.15, -0.1) is 0 Å². The van der Waals surface area contributed by atoms with Gasteiger partial charge >= 0.3 is 0 Å². The number of carbonyl (C=O) groups is 2. The quantitative estimate of drug-likeness (QED) is 0.570. The summed E-state index contributed by atoms with van der Waals surface area (Å²) in [5.41, 5.74) is 0.456. The molecule has 0 fully saturated rings. The largest absolute Gasteiger partial charge is 0.455 e. The minimum atomic E-state index is -3.58. The second kappa shape index (κ2) is 9.19. The Hall–Kier alpha value is -3.04. The van der Waals surface area contributed by atoms with Gasteiger partial charge < -0.3 is 14.6 Å². The third kappa shape index (κ3) is 5.31. The maximum absolute atomic E-state index is 12.6. The van der Waals surface area contributed by atoms with E-state index in [1.807, 2.05) is 0 Å². The Morgan fingerprint density at radius 3 is 2.33 bits per heavy atom. The van der Waals surface area contributed by atoms with Crippen molar-refractivity contribution >= 4 is 38.4 Å². The number of carbonyl (C=O) groups excluding carboxylic acids is 2. The van der Waals surface area contributed by atoms with E-state index in [0.29, 0.717) is 10.6 Å². The molecule has 0 radical (unpaired) electrons. The van der Waals surface area contributed by atoms with Gasteiger partial charge in [0.1, 0.15) is 11.5 Å². The minimum absolute atomic E-state index is 0.0213. The fraction of sp³-hybridized carbons (Fsp3) is 0.143. The molecule has 156 valence electrons. The Balaban J connectivity index is 1.73. The van der Waals surface area contributed by atoms with Crippen LogP contribution in [0.25, 0.3) is 0 Å². The molecule has 0 atom stereocenters. The van der Waals surface area contributed by atoms with Crippen LogP contribution in [0.2, 0.25) is 0 Å². The summed E-state index contributed by atoms with van der Waals surface area (Å²) in [4.78, 5) is 26.8. The molecule has 1 N–H and O–H groups in total. The molecule has 0 aliphatic carbocycles. The zero-order valence-corrected chi connectivity index (χ0v) is 18.0. The monoisotopic (exact) mass is 444 g/mol. The van der Waals surface area contributed by atoms with Crippen LogP contribution in [0.1, 0.15) is 16.3 Å². The van der Waals surface area contributed by atoms with Crippen LogP contribution in [0.4, 0.5) is 10.5 Å². The fourth-order valence-electron chi connectivity index (χ4n) is 2.50. The van der Waals surface area contributed by atoms with Crippen molar-refractivity contribution < 1.29 is 22.4 Å². The van der Waals surface area contributed by atoms with Gasteiger partial charge in [-0.25, -0.2) is 8.42 Å². The summed E-state index contributed by atoms with van der Waals surface area (Å²) in [7, 11) is -0.297. The van der Waals surface area contributed by atoms with E-state index < -0.39 is 15.7 Å². The second-order valence-electron chi connectivity index (χ2n) is 6.55. The topological polar surface area (TPSA) is 96.7 Å². The lowest BCUT2D eigenvalue weighted by Crippen LogP contribution is -2.17. The molecule has 3 rings (SSSR count). The molecular weight excluding hydrogens is 424 g/mol. The van der Waals surface area contributed by atoms with Crippen LogP contribution in [0, 0.1) is 0 Å². The van der Waals surface area contributed by atoms with Crippen LogP contribution >= 0.6 is 11.8 Å². The predicted octanol–water partition coefficient (Wildman–Crippen LogP) is 4.28. The number of sulfone groups is 1. The Kier molecular flexibility index (Phi) is 6.63. The summed E-state index contributed by atoms with van der Waals surface area (Å²) in [6, 6.07) is 17.8. The number of nitrogens with one attached hydrogen (secondary N) is 1. The van der Waals surface area contributed by atoms with Gasteiger partial charge in [-0.1, -0.05) is 30.3 Å². The molecule has 0 bridgehead atoms. The highest BCUT2D eigenvalue weighted by molar-refractivity contribution is 8.13. The predicted molar refractivity (Wildman–Crippen MR) is 115 cm³/mol. The highest BCUT2D eigenvalue weighted by atomic mass is 32.2. The molecule has 0 aliphatic heterocycles. The number of nitrogens with zero attached hydrogens (tertiary/aromatic N) is 1. The van der Waals surface area contributed by atoms with Gasteiger partial charge in [0.05, 0.1) is 10.6 Å². The Labute approximate surface area is 179 Å². The highest BCUT2D eigenvalue weighted by Crippen LogP contribution is 2.29. The van der Waals surface area contributed by atoms with Crippen LogP contribution < -0.4 is 5.32 Å². The SMILES string of the molecule is CN(C)C(=O)Sc1ccccc1NC(=O)c1ccc(CS(=O)(=O)c2ccccc2)o1. The maximum Gasteiger partial charge on any atom is 0.291 e. The molecule has 3 aromatic rings. The first-order valence-corrected chi connectivity index (χ1v) is 11.4. The van der Waals surface area contributed by atoms with Crippen molar-refractivity contribution in [1.29, 1.82) is 0 Å². The van der Waals surface area contributed by atoms with Gasteiger partial charge in [0.2, 0.25) is 0 Å². The third-order valence-corrected chi connectivity index (χ3v) is 6.79. The molecule has 2 aromatic carbocycles. The van der Waals surface area contributed by atoms with Crippen LogP contribution in [0.15, 0.2) is 80.9 Å². The van der Waals surface area contributed by atoms with Crippen LogP contribution in [0.3, 0.4) is 0 Å². The normalized spacial score (nSPS) is 11.1. The Morgan fingerprint density at radius 2 is 1.63 bits per heavy atom. The van der Waals surface area contributed by atoms with Crippen molar-refractivity contribution in [2.75, 3.05) is 19.4 Å². The van der Waals surface area contributed by atoms with Gasteiger partial charge in [0, 0.05) is 19.0 Å². The number of amides is 2. The number of hydrogen-bond acceptors (Lipinski definition) is 6. The summed E-state index contributed by atoms with van der Waals surface area (Å²) in [5.74, 6) is -0.751. The standard InChI is InChI=1S/C21H20N2O5S2/c1-23(2)21(25)29-19-11-7-6-10-17(19)22-20(24)18-13-12-15(28-18)14-30(26,27)16-8-4-3-5-9-16/h3-13H,14H2,1-2H3,(H,22,24). The molecule has 0 unspecified atom stereocenters. The average Bonchev–Trinajstić information content (AvgIpc) is 3.18. The van der Waals surface area contributed by atoms with Gasteiger partial charge in [0.15, 0.2) is 15.6 Å². The smallest absolute Gasteiger partial charge is 0.291 e. The summed E-state index contributed by atoms with van der Waals surface area (Å²) in [5, 5.41) is 2.53. The van der Waals surface area contributed by atoms with Crippen LogP contribution in [-0.2, 0) is 15.6 Å². The molecule has 7 nitrogen and oxygen atoms in total. The average molecular weight is 445 g/mol. The van der Waals surface area contributed by atoms with Crippen LogP contribution in [0.5, 0.6) is 0 Å². The second-order valence-corrected chi connectivity index (χ2v) is 9.53. The van der Waals surface area contributed by atoms with Crippen molar-refractivity contribution in [1.82, 2.24) is 4.90 Å². The van der Waals surface area contributed by atoms with Gasteiger partial charge in [-0.3, -0.25) is 9.59 Å². The molecule has 0 spiro atoms. The highest BCUT2D eigenvalue weighted by Gasteiger charge is 2.20. The minimum Gasteiger partial charge on any atom is -0.455 e. The lowest BCUT2D eigenvalue weighted by atomic mass is 10.3.